The number of benzene rings is 1. The highest BCUT2D eigenvalue weighted by Gasteiger charge is 2.07. The van der Waals surface area contributed by atoms with Gasteiger partial charge in [0.1, 0.15) is 0 Å². The average molecular weight is 228 g/mol. The van der Waals surface area contributed by atoms with Gasteiger partial charge in [-0.25, -0.2) is 0 Å². The summed E-state index contributed by atoms with van der Waals surface area (Å²) in [7, 11) is 0. The summed E-state index contributed by atoms with van der Waals surface area (Å²) in [5.74, 6) is 0. The third-order valence-corrected chi connectivity index (χ3v) is 3.21. The molecule has 0 atom stereocenters. The van der Waals surface area contributed by atoms with Crippen molar-refractivity contribution in [3.8, 4) is 0 Å². The molecule has 0 heterocycles. The van der Waals surface area contributed by atoms with Crippen molar-refractivity contribution < 1.29 is 0 Å². The number of rotatable bonds is 4. The molecule has 0 N–H and O–H groups in total. The van der Waals surface area contributed by atoms with Gasteiger partial charge in [-0.15, -0.1) is 0 Å². The van der Waals surface area contributed by atoms with Crippen LogP contribution >= 0.6 is 0 Å². The molecule has 1 aromatic carbocycles. The predicted octanol–water partition coefficient (Wildman–Crippen LogP) is 5.54. The summed E-state index contributed by atoms with van der Waals surface area (Å²) in [6, 6.07) is 4.43. The van der Waals surface area contributed by atoms with Crippen LogP contribution in [0.3, 0.4) is 0 Å². The highest BCUT2D eigenvalue weighted by molar-refractivity contribution is 5.70. The highest BCUT2D eigenvalue weighted by atomic mass is 14.1. The van der Waals surface area contributed by atoms with Crippen LogP contribution in [0.25, 0.3) is 11.6 Å². The Balaban J connectivity index is 3.19. The summed E-state index contributed by atoms with van der Waals surface area (Å²) in [6.07, 6.45) is 4.49. The molecule has 0 amide bonds. The monoisotopic (exact) mass is 228 g/mol. The SMILES string of the molecule is C=C(CCC)c1ccc(C=C(C)C)c(C)c1C. The van der Waals surface area contributed by atoms with Crippen LogP contribution in [0.2, 0.25) is 0 Å². The molecule has 0 unspecified atom stereocenters. The average Bonchev–Trinajstić information content (AvgIpc) is 2.24. The number of hydrogen-bond acceptors (Lipinski definition) is 0. The first-order chi connectivity index (χ1) is 7.97. The van der Waals surface area contributed by atoms with Crippen LogP contribution in [0.1, 0.15) is 55.9 Å². The topological polar surface area (TPSA) is 0 Å². The van der Waals surface area contributed by atoms with Crippen LogP contribution in [-0.2, 0) is 0 Å². The van der Waals surface area contributed by atoms with E-state index in [1.807, 2.05) is 0 Å². The predicted molar refractivity (Wildman–Crippen MR) is 79.2 cm³/mol. The van der Waals surface area contributed by atoms with Crippen molar-refractivity contribution in [2.24, 2.45) is 0 Å². The smallest absolute Gasteiger partial charge is 0.0198 e. The van der Waals surface area contributed by atoms with Crippen molar-refractivity contribution in [2.45, 2.75) is 47.5 Å². The van der Waals surface area contributed by atoms with E-state index in [4.69, 9.17) is 0 Å². The van der Waals surface area contributed by atoms with Crippen molar-refractivity contribution in [1.82, 2.24) is 0 Å². The summed E-state index contributed by atoms with van der Waals surface area (Å²) >= 11 is 0. The van der Waals surface area contributed by atoms with Crippen LogP contribution in [0.15, 0.2) is 24.3 Å². The molecule has 17 heavy (non-hydrogen) atoms. The summed E-state index contributed by atoms with van der Waals surface area (Å²) in [4.78, 5) is 0. The van der Waals surface area contributed by atoms with E-state index >= 15 is 0 Å². The van der Waals surface area contributed by atoms with Gasteiger partial charge in [0, 0.05) is 0 Å². The van der Waals surface area contributed by atoms with Crippen LogP contribution in [0, 0.1) is 13.8 Å². The van der Waals surface area contributed by atoms with E-state index in [0.717, 1.165) is 12.8 Å². The minimum absolute atomic E-state index is 1.09. The van der Waals surface area contributed by atoms with Gasteiger partial charge in [0.2, 0.25) is 0 Å². The van der Waals surface area contributed by atoms with Gasteiger partial charge in [-0.1, -0.05) is 43.7 Å². The first kappa shape index (κ1) is 13.8. The van der Waals surface area contributed by atoms with E-state index in [2.05, 4.69) is 59.4 Å². The van der Waals surface area contributed by atoms with Crippen molar-refractivity contribution in [1.29, 1.82) is 0 Å². The maximum absolute atomic E-state index is 4.19. The Morgan fingerprint density at radius 3 is 2.35 bits per heavy atom. The molecule has 0 aromatic heterocycles. The fourth-order valence-corrected chi connectivity index (χ4v) is 2.13. The Labute approximate surface area is 106 Å². The molecule has 0 aliphatic rings. The van der Waals surface area contributed by atoms with E-state index in [0.29, 0.717) is 0 Å². The van der Waals surface area contributed by atoms with Gasteiger partial charge in [0.05, 0.1) is 0 Å². The van der Waals surface area contributed by atoms with Crippen molar-refractivity contribution in [3.05, 3.63) is 46.5 Å². The summed E-state index contributed by atoms with van der Waals surface area (Å²) < 4.78 is 0. The van der Waals surface area contributed by atoms with Gasteiger partial charge in [0.25, 0.3) is 0 Å². The van der Waals surface area contributed by atoms with Crippen molar-refractivity contribution in [2.75, 3.05) is 0 Å². The van der Waals surface area contributed by atoms with E-state index in [1.54, 1.807) is 0 Å². The Hall–Kier alpha value is -1.30. The van der Waals surface area contributed by atoms with Crippen LogP contribution in [0.5, 0.6) is 0 Å². The van der Waals surface area contributed by atoms with Gasteiger partial charge in [0.15, 0.2) is 0 Å². The van der Waals surface area contributed by atoms with E-state index in [9.17, 15) is 0 Å². The summed E-state index contributed by atoms with van der Waals surface area (Å²) in [5.41, 5.74) is 8.01. The van der Waals surface area contributed by atoms with Gasteiger partial charge in [-0.05, 0) is 61.9 Å². The number of hydrogen-bond donors (Lipinski definition) is 0. The molecule has 1 aromatic rings. The molecule has 92 valence electrons. The molecular formula is C17H24. The van der Waals surface area contributed by atoms with Crippen molar-refractivity contribution >= 4 is 11.6 Å². The van der Waals surface area contributed by atoms with Gasteiger partial charge in [-0.3, -0.25) is 0 Å². The molecule has 0 bridgehead atoms. The van der Waals surface area contributed by atoms with Gasteiger partial charge in [-0.2, -0.15) is 0 Å². The standard InChI is InChI=1S/C17H24/c1-7-8-13(4)17-10-9-16(11-12(2)3)14(5)15(17)6/h9-11H,4,7-8H2,1-3,5-6H3. The lowest BCUT2D eigenvalue weighted by atomic mass is 9.92. The Kier molecular flexibility index (Phi) is 4.74. The third-order valence-electron chi connectivity index (χ3n) is 3.21. The molecule has 0 fully saturated rings. The van der Waals surface area contributed by atoms with Crippen LogP contribution in [-0.4, -0.2) is 0 Å². The Bertz CT molecular complexity index is 443. The molecule has 0 aliphatic carbocycles. The molecule has 1 rings (SSSR count). The second kappa shape index (κ2) is 5.86. The van der Waals surface area contributed by atoms with E-state index < -0.39 is 0 Å². The van der Waals surface area contributed by atoms with Gasteiger partial charge < -0.3 is 0 Å². The largest absolute Gasteiger partial charge is 0.0952 e. The van der Waals surface area contributed by atoms with E-state index in [-0.39, 0.29) is 0 Å². The fraction of sp³-hybridized carbons (Fsp3) is 0.412. The molecule has 0 radical (unpaired) electrons. The lowest BCUT2D eigenvalue weighted by molar-refractivity contribution is 0.973. The maximum atomic E-state index is 4.19. The third kappa shape index (κ3) is 3.33. The maximum Gasteiger partial charge on any atom is -0.0198 e. The zero-order chi connectivity index (χ0) is 13.0. The summed E-state index contributed by atoms with van der Waals surface area (Å²) in [5, 5.41) is 0. The normalized spacial score (nSPS) is 10.2. The Morgan fingerprint density at radius 1 is 1.18 bits per heavy atom. The fourth-order valence-electron chi connectivity index (χ4n) is 2.13. The number of allylic oxidation sites excluding steroid dienone is 2. The first-order valence-corrected chi connectivity index (χ1v) is 6.40. The van der Waals surface area contributed by atoms with Gasteiger partial charge >= 0.3 is 0 Å². The molecule has 0 saturated carbocycles. The van der Waals surface area contributed by atoms with Crippen molar-refractivity contribution in [3.63, 3.8) is 0 Å². The molecule has 0 nitrogen and oxygen atoms in total. The summed E-state index contributed by atoms with van der Waals surface area (Å²) in [6.45, 7) is 15.1. The van der Waals surface area contributed by atoms with Crippen LogP contribution < -0.4 is 0 Å². The molecular weight excluding hydrogens is 204 g/mol. The lowest BCUT2D eigenvalue weighted by Gasteiger charge is -2.13. The minimum atomic E-state index is 1.09. The molecule has 0 saturated heterocycles. The quantitative estimate of drug-likeness (QED) is 0.634. The molecule has 0 spiro atoms. The second-order valence-electron chi connectivity index (χ2n) is 5.03. The van der Waals surface area contributed by atoms with Crippen LogP contribution in [0.4, 0.5) is 0 Å². The first-order valence-electron chi connectivity index (χ1n) is 6.40. The highest BCUT2D eigenvalue weighted by Crippen LogP contribution is 2.26. The zero-order valence-electron chi connectivity index (χ0n) is 11.9. The van der Waals surface area contributed by atoms with E-state index in [1.165, 1.54) is 33.4 Å². The minimum Gasteiger partial charge on any atom is -0.0952 e. The zero-order valence-corrected chi connectivity index (χ0v) is 11.9. The lowest BCUT2D eigenvalue weighted by Crippen LogP contribution is -1.94. The molecule has 0 aliphatic heterocycles. The Morgan fingerprint density at radius 2 is 1.82 bits per heavy atom. The molecule has 0 heteroatoms. The second-order valence-corrected chi connectivity index (χ2v) is 5.03.